The molecule has 2 rings (SSSR count). The van der Waals surface area contributed by atoms with Crippen LogP contribution in [0.4, 0.5) is 8.78 Å². The third-order valence-corrected chi connectivity index (χ3v) is 4.48. The predicted octanol–water partition coefficient (Wildman–Crippen LogP) is 4.35. The average Bonchev–Trinajstić information content (AvgIpc) is 2.68. The van der Waals surface area contributed by atoms with Gasteiger partial charge >= 0.3 is 0 Å². The van der Waals surface area contributed by atoms with Crippen molar-refractivity contribution >= 4 is 17.5 Å². The first kappa shape index (κ1) is 22.1. The monoisotopic (exact) mass is 411 g/mol. The summed E-state index contributed by atoms with van der Waals surface area (Å²) in [7, 11) is 0. The lowest BCUT2D eigenvalue weighted by atomic mass is 10.1. The maximum atomic E-state index is 13.7. The summed E-state index contributed by atoms with van der Waals surface area (Å²) in [5, 5.41) is 2.54. The van der Waals surface area contributed by atoms with Gasteiger partial charge in [-0.05, 0) is 43.2 Å². The van der Waals surface area contributed by atoms with Crippen LogP contribution in [0.2, 0.25) is 0 Å². The highest BCUT2D eigenvalue weighted by Gasteiger charge is 2.20. The first-order chi connectivity index (χ1) is 13.5. The Hall–Kier alpha value is -2.18. The minimum atomic E-state index is -0.911. The molecule has 1 unspecified atom stereocenters. The molecule has 28 heavy (non-hydrogen) atoms. The fraction of sp³-hybridized carbons (Fsp3) is 0.381. The molecular weight excluding hydrogens is 388 g/mol. The molecular formula is C21H24ClF2NO3. The highest BCUT2D eigenvalue weighted by atomic mass is 35.5. The van der Waals surface area contributed by atoms with Gasteiger partial charge in [-0.25, -0.2) is 8.78 Å². The molecule has 0 saturated carbocycles. The second kappa shape index (κ2) is 11.6. The zero-order valence-electron chi connectivity index (χ0n) is 15.7. The smallest absolute Gasteiger partial charge is 0.257 e. The summed E-state index contributed by atoms with van der Waals surface area (Å²) in [4.78, 5) is 12.1. The highest BCUT2D eigenvalue weighted by Crippen LogP contribution is 2.15. The second-order valence-electron chi connectivity index (χ2n) is 6.15. The van der Waals surface area contributed by atoms with Crippen molar-refractivity contribution in [2.24, 2.45) is 0 Å². The minimum absolute atomic E-state index is 0.0987. The van der Waals surface area contributed by atoms with Gasteiger partial charge in [-0.2, -0.15) is 0 Å². The molecule has 0 bridgehead atoms. The van der Waals surface area contributed by atoms with Crippen molar-refractivity contribution in [3.8, 4) is 5.75 Å². The average molecular weight is 412 g/mol. The third kappa shape index (κ3) is 6.77. The van der Waals surface area contributed by atoms with Crippen molar-refractivity contribution in [1.82, 2.24) is 5.32 Å². The maximum absolute atomic E-state index is 13.7. The van der Waals surface area contributed by atoms with Gasteiger partial charge < -0.3 is 14.8 Å². The maximum Gasteiger partial charge on any atom is 0.257 e. The number of amides is 1. The number of nitrogens with one attached hydrogen (secondary N) is 1. The van der Waals surface area contributed by atoms with Crippen molar-refractivity contribution in [1.29, 1.82) is 0 Å². The molecule has 0 aliphatic rings. The summed E-state index contributed by atoms with van der Waals surface area (Å²) in [5.74, 6) is -1.86. The minimum Gasteiger partial charge on any atom is -0.494 e. The predicted molar refractivity (Wildman–Crippen MR) is 105 cm³/mol. The first-order valence-corrected chi connectivity index (χ1v) is 9.69. The molecule has 0 fully saturated rings. The van der Waals surface area contributed by atoms with E-state index in [9.17, 15) is 13.6 Å². The Balaban J connectivity index is 1.81. The van der Waals surface area contributed by atoms with E-state index in [4.69, 9.17) is 21.1 Å². The zero-order valence-corrected chi connectivity index (χ0v) is 16.5. The normalized spacial score (nSPS) is 11.9. The summed E-state index contributed by atoms with van der Waals surface area (Å²) >= 11 is 5.87. The van der Waals surface area contributed by atoms with Gasteiger partial charge in [0.2, 0.25) is 0 Å². The van der Waals surface area contributed by atoms with Crippen LogP contribution in [0.25, 0.3) is 0 Å². The van der Waals surface area contributed by atoms with E-state index in [0.29, 0.717) is 32.0 Å². The van der Waals surface area contributed by atoms with Gasteiger partial charge in [0.15, 0.2) is 0 Å². The third-order valence-electron chi connectivity index (χ3n) is 4.11. The molecule has 4 nitrogen and oxygen atoms in total. The molecule has 0 aromatic heterocycles. The van der Waals surface area contributed by atoms with Crippen LogP contribution < -0.4 is 10.1 Å². The van der Waals surface area contributed by atoms with Crippen LogP contribution in [0.15, 0.2) is 42.5 Å². The van der Waals surface area contributed by atoms with E-state index in [1.165, 1.54) is 6.07 Å². The van der Waals surface area contributed by atoms with E-state index >= 15 is 0 Å². The van der Waals surface area contributed by atoms with Crippen LogP contribution in [0.1, 0.15) is 29.3 Å². The quantitative estimate of drug-likeness (QED) is 0.441. The Kier molecular flexibility index (Phi) is 9.17. The molecule has 0 aliphatic heterocycles. The first-order valence-electron chi connectivity index (χ1n) is 9.15. The number of hydrogen-bond acceptors (Lipinski definition) is 3. The van der Waals surface area contributed by atoms with E-state index in [1.807, 2.05) is 31.2 Å². The van der Waals surface area contributed by atoms with E-state index < -0.39 is 29.1 Å². The number of rotatable bonds is 11. The number of halogens is 3. The van der Waals surface area contributed by atoms with E-state index in [1.54, 1.807) is 0 Å². The van der Waals surface area contributed by atoms with Gasteiger partial charge in [-0.1, -0.05) is 18.2 Å². The van der Waals surface area contributed by atoms with Crippen molar-refractivity contribution in [2.75, 3.05) is 25.7 Å². The van der Waals surface area contributed by atoms with Crippen LogP contribution in [-0.4, -0.2) is 37.6 Å². The van der Waals surface area contributed by atoms with Crippen molar-refractivity contribution < 1.29 is 23.0 Å². The van der Waals surface area contributed by atoms with Crippen LogP contribution in [-0.2, 0) is 11.2 Å². The number of hydrogen-bond donors (Lipinski definition) is 1. The summed E-state index contributed by atoms with van der Waals surface area (Å²) in [6.07, 6.45) is 1.23. The van der Waals surface area contributed by atoms with Crippen LogP contribution in [0, 0.1) is 11.6 Å². The van der Waals surface area contributed by atoms with Crippen molar-refractivity contribution in [3.63, 3.8) is 0 Å². The largest absolute Gasteiger partial charge is 0.494 e. The van der Waals surface area contributed by atoms with Gasteiger partial charge in [0.25, 0.3) is 5.91 Å². The summed E-state index contributed by atoms with van der Waals surface area (Å²) in [6.45, 7) is 3.63. The lowest BCUT2D eigenvalue weighted by molar-refractivity contribution is 0.0927. The number of benzene rings is 2. The fourth-order valence-corrected chi connectivity index (χ4v) is 2.80. The molecule has 152 valence electrons. The van der Waals surface area contributed by atoms with Gasteiger partial charge in [0, 0.05) is 24.9 Å². The second-order valence-corrected chi connectivity index (χ2v) is 6.46. The standard InChI is InChI=1S/C21H24ClF2NO3/c1-2-27-12-10-15-6-8-17(9-7-15)28-13-11-16(14-22)25-21(26)20-18(23)4-3-5-19(20)24/h3-9,16H,2,10-14H2,1H3,(H,25,26). The molecule has 1 amide bonds. The molecule has 0 aliphatic carbocycles. The Morgan fingerprint density at radius 3 is 2.39 bits per heavy atom. The van der Waals surface area contributed by atoms with Gasteiger partial charge in [-0.15, -0.1) is 11.6 Å². The number of carbonyl (C=O) groups is 1. The highest BCUT2D eigenvalue weighted by molar-refractivity contribution is 6.18. The number of carbonyl (C=O) groups excluding carboxylic acids is 1. The Bertz CT molecular complexity index is 736. The van der Waals surface area contributed by atoms with Gasteiger partial charge in [0.1, 0.15) is 22.9 Å². The van der Waals surface area contributed by atoms with Crippen LogP contribution in [0.5, 0.6) is 5.75 Å². The molecule has 0 heterocycles. The van der Waals surface area contributed by atoms with Crippen molar-refractivity contribution in [2.45, 2.75) is 25.8 Å². The SMILES string of the molecule is CCOCCc1ccc(OCCC(CCl)NC(=O)c2c(F)cccc2F)cc1. The molecule has 2 aromatic rings. The summed E-state index contributed by atoms with van der Waals surface area (Å²) in [6, 6.07) is 10.5. The van der Waals surface area contributed by atoms with Gasteiger partial charge in [0.05, 0.1) is 13.2 Å². The topological polar surface area (TPSA) is 47.6 Å². The zero-order chi connectivity index (χ0) is 20.4. The molecule has 2 aromatic carbocycles. The summed E-state index contributed by atoms with van der Waals surface area (Å²) in [5.41, 5.74) is 0.541. The van der Waals surface area contributed by atoms with Gasteiger partial charge in [-0.3, -0.25) is 4.79 Å². The molecule has 7 heteroatoms. The molecule has 1 atom stereocenters. The Morgan fingerprint density at radius 1 is 1.11 bits per heavy atom. The molecule has 0 saturated heterocycles. The van der Waals surface area contributed by atoms with Crippen LogP contribution in [0.3, 0.4) is 0 Å². The van der Waals surface area contributed by atoms with Crippen molar-refractivity contribution in [3.05, 3.63) is 65.2 Å². The van der Waals surface area contributed by atoms with E-state index in [0.717, 1.165) is 24.1 Å². The number of ether oxygens (including phenoxy) is 2. The lowest BCUT2D eigenvalue weighted by Gasteiger charge is -2.17. The number of alkyl halides is 1. The molecule has 0 spiro atoms. The lowest BCUT2D eigenvalue weighted by Crippen LogP contribution is -2.38. The Morgan fingerprint density at radius 2 is 1.79 bits per heavy atom. The van der Waals surface area contributed by atoms with E-state index in [2.05, 4.69) is 5.32 Å². The molecule has 0 radical (unpaired) electrons. The van der Waals surface area contributed by atoms with E-state index in [-0.39, 0.29) is 5.88 Å². The molecule has 1 N–H and O–H groups in total. The Labute approximate surface area is 168 Å². The fourth-order valence-electron chi connectivity index (χ4n) is 2.57. The van der Waals surface area contributed by atoms with Crippen LogP contribution >= 0.6 is 11.6 Å². The summed E-state index contributed by atoms with van der Waals surface area (Å²) < 4.78 is 38.4.